The van der Waals surface area contributed by atoms with Crippen LogP contribution < -0.4 is 0 Å². The first-order valence-corrected chi connectivity index (χ1v) is 7.82. The van der Waals surface area contributed by atoms with Crippen molar-refractivity contribution in [1.29, 1.82) is 0 Å². The van der Waals surface area contributed by atoms with Gasteiger partial charge in [0.05, 0.1) is 6.54 Å². The number of rotatable bonds is 4. The van der Waals surface area contributed by atoms with E-state index in [0.29, 0.717) is 11.8 Å². The van der Waals surface area contributed by atoms with Gasteiger partial charge in [0.25, 0.3) is 0 Å². The molecule has 1 aliphatic heterocycles. The van der Waals surface area contributed by atoms with Crippen LogP contribution in [0.25, 0.3) is 0 Å². The number of furan rings is 1. The number of aliphatic hydroxyl groups is 1. The number of fused-ring (bicyclic) bond motifs is 1. The third kappa shape index (κ3) is 2.30. The van der Waals surface area contributed by atoms with Crippen LogP contribution in [-0.2, 0) is 13.2 Å². The summed E-state index contributed by atoms with van der Waals surface area (Å²) in [5, 5.41) is 9.13. The summed E-state index contributed by atoms with van der Waals surface area (Å²) < 4.78 is 5.68. The predicted molar refractivity (Wildman–Crippen MR) is 80.4 cm³/mol. The molecule has 4 rings (SSSR count). The van der Waals surface area contributed by atoms with Gasteiger partial charge in [-0.2, -0.15) is 0 Å². The molecule has 2 heterocycles. The number of benzene rings is 1. The van der Waals surface area contributed by atoms with Crippen LogP contribution in [0.3, 0.4) is 0 Å². The summed E-state index contributed by atoms with van der Waals surface area (Å²) in [4.78, 5) is 2.55. The van der Waals surface area contributed by atoms with E-state index in [0.717, 1.165) is 24.1 Å². The maximum Gasteiger partial charge on any atom is 0.129 e. The topological polar surface area (TPSA) is 36.6 Å². The third-order valence-corrected chi connectivity index (χ3v) is 5.12. The molecule has 2 fully saturated rings. The van der Waals surface area contributed by atoms with Gasteiger partial charge in [-0.25, -0.2) is 0 Å². The zero-order valence-corrected chi connectivity index (χ0v) is 12.1. The molecular formula is C18H21NO2. The van der Waals surface area contributed by atoms with Gasteiger partial charge >= 0.3 is 0 Å². The van der Waals surface area contributed by atoms with E-state index in [1.807, 2.05) is 12.1 Å². The normalized spacial score (nSPS) is 28.3. The minimum absolute atomic E-state index is 0.0205. The Morgan fingerprint density at radius 3 is 2.52 bits per heavy atom. The summed E-state index contributed by atoms with van der Waals surface area (Å²) in [6.07, 6.45) is 2.71. The van der Waals surface area contributed by atoms with E-state index in [4.69, 9.17) is 9.52 Å². The van der Waals surface area contributed by atoms with Gasteiger partial charge in [-0.3, -0.25) is 4.90 Å². The fourth-order valence-corrected chi connectivity index (χ4v) is 3.99. The average Bonchev–Trinajstić information content (AvgIpc) is 3.05. The van der Waals surface area contributed by atoms with Crippen molar-refractivity contribution < 1.29 is 9.52 Å². The van der Waals surface area contributed by atoms with E-state index >= 15 is 0 Å². The first-order chi connectivity index (χ1) is 10.3. The molecule has 2 aromatic rings. The van der Waals surface area contributed by atoms with E-state index in [1.54, 1.807) is 0 Å². The molecule has 0 bridgehead atoms. The van der Waals surface area contributed by atoms with Crippen LogP contribution in [-0.4, -0.2) is 16.6 Å². The lowest BCUT2D eigenvalue weighted by atomic mass is 9.71. The van der Waals surface area contributed by atoms with Gasteiger partial charge in [0.1, 0.15) is 18.1 Å². The standard InChI is InChI=1S/C18H21NO2/c20-12-16-8-7-15(21-16)11-19-10-14-6-9-17(14)18(19)13-4-2-1-3-5-13/h1-5,7-8,14,17-18,20H,6,9-12H2/t14-,17-,18-/m0/s1. The van der Waals surface area contributed by atoms with Crippen molar-refractivity contribution in [3.8, 4) is 0 Å². The Bertz CT molecular complexity index is 607. The van der Waals surface area contributed by atoms with Crippen LogP contribution >= 0.6 is 0 Å². The minimum atomic E-state index is -0.0205. The SMILES string of the molecule is OCc1ccc(CN2C[C@@H]3CC[C@@H]3[C@@H]2c2ccccc2)o1. The zero-order chi connectivity index (χ0) is 14.2. The van der Waals surface area contributed by atoms with Gasteiger partial charge in [0.2, 0.25) is 0 Å². The van der Waals surface area contributed by atoms with Gasteiger partial charge in [-0.15, -0.1) is 0 Å². The first kappa shape index (κ1) is 13.1. The summed E-state index contributed by atoms with van der Waals surface area (Å²) in [6, 6.07) is 15.2. The molecule has 3 atom stereocenters. The highest BCUT2D eigenvalue weighted by Crippen LogP contribution is 2.52. The van der Waals surface area contributed by atoms with E-state index in [9.17, 15) is 0 Å². The van der Waals surface area contributed by atoms with Crippen LogP contribution in [0.1, 0.15) is 36.0 Å². The van der Waals surface area contributed by atoms with Gasteiger partial charge in [0, 0.05) is 12.6 Å². The van der Waals surface area contributed by atoms with Gasteiger partial charge in [0.15, 0.2) is 0 Å². The molecule has 2 aliphatic rings. The highest BCUT2D eigenvalue weighted by atomic mass is 16.4. The first-order valence-electron chi connectivity index (χ1n) is 7.82. The van der Waals surface area contributed by atoms with Gasteiger partial charge in [-0.05, 0) is 42.4 Å². The molecule has 1 saturated heterocycles. The molecule has 1 aromatic carbocycles. The quantitative estimate of drug-likeness (QED) is 0.935. The minimum Gasteiger partial charge on any atom is -0.462 e. The summed E-state index contributed by atoms with van der Waals surface area (Å²) in [5.41, 5.74) is 1.43. The third-order valence-electron chi connectivity index (χ3n) is 5.12. The lowest BCUT2D eigenvalue weighted by molar-refractivity contribution is 0.173. The Morgan fingerprint density at radius 1 is 1.05 bits per heavy atom. The van der Waals surface area contributed by atoms with Crippen LogP contribution in [0.2, 0.25) is 0 Å². The van der Waals surface area contributed by atoms with Crippen LogP contribution in [0.4, 0.5) is 0 Å². The zero-order valence-electron chi connectivity index (χ0n) is 12.1. The van der Waals surface area contributed by atoms with E-state index in [2.05, 4.69) is 35.2 Å². The number of hydrogen-bond donors (Lipinski definition) is 1. The Morgan fingerprint density at radius 2 is 1.86 bits per heavy atom. The Labute approximate surface area is 125 Å². The average molecular weight is 283 g/mol. The van der Waals surface area contributed by atoms with E-state index < -0.39 is 0 Å². The molecule has 0 amide bonds. The van der Waals surface area contributed by atoms with Crippen LogP contribution in [0, 0.1) is 11.8 Å². The lowest BCUT2D eigenvalue weighted by Crippen LogP contribution is -2.26. The molecule has 0 spiro atoms. The predicted octanol–water partition coefficient (Wildman–Crippen LogP) is 3.36. The number of likely N-dealkylation sites (tertiary alicyclic amines) is 1. The van der Waals surface area contributed by atoms with Gasteiger partial charge < -0.3 is 9.52 Å². The molecule has 3 heteroatoms. The highest BCUT2D eigenvalue weighted by molar-refractivity contribution is 5.23. The van der Waals surface area contributed by atoms with Crippen molar-refractivity contribution in [2.75, 3.05) is 6.54 Å². The maximum atomic E-state index is 9.13. The van der Waals surface area contributed by atoms with Crippen LogP contribution in [0.5, 0.6) is 0 Å². The fraction of sp³-hybridized carbons (Fsp3) is 0.444. The summed E-state index contributed by atoms with van der Waals surface area (Å²) >= 11 is 0. The molecule has 1 aromatic heterocycles. The summed E-state index contributed by atoms with van der Waals surface area (Å²) in [7, 11) is 0. The van der Waals surface area contributed by atoms with Crippen molar-refractivity contribution >= 4 is 0 Å². The highest BCUT2D eigenvalue weighted by Gasteiger charge is 2.47. The summed E-state index contributed by atoms with van der Waals surface area (Å²) in [5.74, 6) is 3.27. The molecule has 3 nitrogen and oxygen atoms in total. The summed E-state index contributed by atoms with van der Waals surface area (Å²) in [6.45, 7) is 1.99. The molecule has 1 saturated carbocycles. The number of hydrogen-bond acceptors (Lipinski definition) is 3. The van der Waals surface area contributed by atoms with Crippen molar-refractivity contribution in [1.82, 2.24) is 4.90 Å². The van der Waals surface area contributed by atoms with Crippen LogP contribution in [0.15, 0.2) is 46.9 Å². The molecule has 0 unspecified atom stereocenters. The molecule has 1 N–H and O–H groups in total. The van der Waals surface area contributed by atoms with E-state index in [1.165, 1.54) is 24.9 Å². The smallest absolute Gasteiger partial charge is 0.129 e. The molecule has 0 radical (unpaired) electrons. The van der Waals surface area contributed by atoms with E-state index in [-0.39, 0.29) is 6.61 Å². The second-order valence-electron chi connectivity index (χ2n) is 6.31. The van der Waals surface area contributed by atoms with Crippen molar-refractivity contribution in [2.24, 2.45) is 11.8 Å². The second-order valence-corrected chi connectivity index (χ2v) is 6.31. The number of aliphatic hydroxyl groups excluding tert-OH is 1. The number of nitrogens with zero attached hydrogens (tertiary/aromatic N) is 1. The molecule has 110 valence electrons. The Kier molecular flexibility index (Phi) is 3.32. The van der Waals surface area contributed by atoms with Gasteiger partial charge in [-0.1, -0.05) is 30.3 Å². The largest absolute Gasteiger partial charge is 0.462 e. The Hall–Kier alpha value is -1.58. The molecular weight excluding hydrogens is 262 g/mol. The Balaban J connectivity index is 1.57. The van der Waals surface area contributed by atoms with Crippen molar-refractivity contribution in [3.05, 3.63) is 59.5 Å². The maximum absolute atomic E-state index is 9.13. The lowest BCUT2D eigenvalue weighted by Gasteiger charge is -2.34. The molecule has 21 heavy (non-hydrogen) atoms. The van der Waals surface area contributed by atoms with Crippen molar-refractivity contribution in [2.45, 2.75) is 32.0 Å². The fourth-order valence-electron chi connectivity index (χ4n) is 3.99. The second kappa shape index (κ2) is 5.32. The van der Waals surface area contributed by atoms with Crippen molar-refractivity contribution in [3.63, 3.8) is 0 Å². The molecule has 1 aliphatic carbocycles. The monoisotopic (exact) mass is 283 g/mol.